The van der Waals surface area contributed by atoms with Gasteiger partial charge in [-0.05, 0) is 65.2 Å². The zero-order valence-corrected chi connectivity index (χ0v) is 18.7. The smallest absolute Gasteiger partial charge is 0.255 e. The summed E-state index contributed by atoms with van der Waals surface area (Å²) < 4.78 is 5.28. The molecule has 29 heavy (non-hydrogen) atoms. The number of benzene rings is 1. The van der Waals surface area contributed by atoms with E-state index in [2.05, 4.69) is 50.2 Å². The van der Waals surface area contributed by atoms with Crippen LogP contribution < -0.4 is 21.1 Å². The SMILES string of the molecule is CCNC(=NCCCN(C(C)C)C(C)C)NCCc1ccc(OCC(N)=O)cc1. The molecule has 164 valence electrons. The fraction of sp³-hybridized carbons (Fsp3) is 0.636. The molecule has 1 aromatic rings. The monoisotopic (exact) mass is 405 g/mol. The lowest BCUT2D eigenvalue weighted by atomic mass is 10.1. The van der Waals surface area contributed by atoms with E-state index >= 15 is 0 Å². The van der Waals surface area contributed by atoms with Crippen LogP contribution in [-0.2, 0) is 11.2 Å². The van der Waals surface area contributed by atoms with Crippen molar-refractivity contribution in [1.29, 1.82) is 0 Å². The van der Waals surface area contributed by atoms with E-state index in [4.69, 9.17) is 15.5 Å². The highest BCUT2D eigenvalue weighted by Gasteiger charge is 2.12. The van der Waals surface area contributed by atoms with Gasteiger partial charge in [0.2, 0.25) is 0 Å². The Morgan fingerprint density at radius 2 is 1.79 bits per heavy atom. The number of hydrogen-bond donors (Lipinski definition) is 3. The van der Waals surface area contributed by atoms with E-state index in [1.807, 2.05) is 24.3 Å². The van der Waals surface area contributed by atoms with Crippen molar-refractivity contribution in [2.45, 2.75) is 59.5 Å². The highest BCUT2D eigenvalue weighted by molar-refractivity contribution is 5.79. The number of nitrogens with zero attached hydrogens (tertiary/aromatic N) is 2. The van der Waals surface area contributed by atoms with Crippen LogP contribution >= 0.6 is 0 Å². The van der Waals surface area contributed by atoms with Crippen LogP contribution in [0, 0.1) is 0 Å². The lowest BCUT2D eigenvalue weighted by Crippen LogP contribution is -2.39. The van der Waals surface area contributed by atoms with Gasteiger partial charge in [0.05, 0.1) is 0 Å². The molecular weight excluding hydrogens is 366 g/mol. The third kappa shape index (κ3) is 10.7. The zero-order chi connectivity index (χ0) is 21.6. The Kier molecular flexibility index (Phi) is 11.8. The van der Waals surface area contributed by atoms with Crippen LogP contribution in [0.25, 0.3) is 0 Å². The molecule has 0 spiro atoms. The lowest BCUT2D eigenvalue weighted by molar-refractivity contribution is -0.119. The Morgan fingerprint density at radius 1 is 1.14 bits per heavy atom. The molecule has 0 bridgehead atoms. The number of aliphatic imine (C=N–C) groups is 1. The van der Waals surface area contributed by atoms with Gasteiger partial charge in [-0.15, -0.1) is 0 Å². The van der Waals surface area contributed by atoms with Crippen molar-refractivity contribution in [3.63, 3.8) is 0 Å². The van der Waals surface area contributed by atoms with Crippen molar-refractivity contribution in [3.05, 3.63) is 29.8 Å². The second-order valence-electron chi connectivity index (χ2n) is 7.62. The third-order valence-corrected chi connectivity index (χ3v) is 4.53. The summed E-state index contributed by atoms with van der Waals surface area (Å²) in [6, 6.07) is 8.80. The summed E-state index contributed by atoms with van der Waals surface area (Å²) in [4.78, 5) is 17.9. The second-order valence-corrected chi connectivity index (χ2v) is 7.62. The van der Waals surface area contributed by atoms with Crippen molar-refractivity contribution in [1.82, 2.24) is 15.5 Å². The number of primary amides is 1. The van der Waals surface area contributed by atoms with E-state index in [0.717, 1.165) is 45.0 Å². The molecule has 0 aromatic heterocycles. The summed E-state index contributed by atoms with van der Waals surface area (Å²) >= 11 is 0. The highest BCUT2D eigenvalue weighted by Crippen LogP contribution is 2.12. The summed E-state index contributed by atoms with van der Waals surface area (Å²) in [7, 11) is 0. The quantitative estimate of drug-likeness (QED) is 0.266. The molecule has 1 aromatic carbocycles. The minimum atomic E-state index is -0.477. The molecule has 4 N–H and O–H groups in total. The number of carbonyl (C=O) groups is 1. The average molecular weight is 406 g/mol. The van der Waals surface area contributed by atoms with Crippen molar-refractivity contribution in [2.75, 3.05) is 32.8 Å². The number of nitrogens with one attached hydrogen (secondary N) is 2. The zero-order valence-electron chi connectivity index (χ0n) is 18.7. The van der Waals surface area contributed by atoms with E-state index in [9.17, 15) is 4.79 Å². The number of carbonyl (C=O) groups excluding carboxylic acids is 1. The van der Waals surface area contributed by atoms with Crippen LogP contribution in [0.5, 0.6) is 5.75 Å². The van der Waals surface area contributed by atoms with E-state index in [-0.39, 0.29) is 6.61 Å². The molecule has 1 rings (SSSR count). The Balaban J connectivity index is 2.41. The molecule has 1 amide bonds. The van der Waals surface area contributed by atoms with Crippen LogP contribution in [0.4, 0.5) is 0 Å². The molecule has 0 aliphatic rings. The number of amides is 1. The summed E-state index contributed by atoms with van der Waals surface area (Å²) in [6.45, 7) is 14.4. The fourth-order valence-electron chi connectivity index (χ4n) is 3.13. The van der Waals surface area contributed by atoms with Gasteiger partial charge in [-0.3, -0.25) is 14.7 Å². The van der Waals surface area contributed by atoms with E-state index in [1.54, 1.807) is 0 Å². The van der Waals surface area contributed by atoms with Gasteiger partial charge in [0, 0.05) is 38.3 Å². The summed E-state index contributed by atoms with van der Waals surface area (Å²) in [5.74, 6) is 1.02. The normalized spacial score (nSPS) is 11.9. The van der Waals surface area contributed by atoms with Crippen LogP contribution in [0.1, 0.15) is 46.6 Å². The predicted molar refractivity (Wildman–Crippen MR) is 120 cm³/mol. The van der Waals surface area contributed by atoms with Gasteiger partial charge in [0.25, 0.3) is 5.91 Å². The maximum atomic E-state index is 10.8. The van der Waals surface area contributed by atoms with Gasteiger partial charge in [-0.25, -0.2) is 0 Å². The molecule has 0 unspecified atom stereocenters. The molecule has 0 aliphatic heterocycles. The van der Waals surface area contributed by atoms with Crippen LogP contribution in [0.2, 0.25) is 0 Å². The molecule has 0 saturated heterocycles. The summed E-state index contributed by atoms with van der Waals surface area (Å²) in [6.07, 6.45) is 1.91. The first-order valence-electron chi connectivity index (χ1n) is 10.6. The maximum absolute atomic E-state index is 10.8. The Labute approximate surface area is 176 Å². The molecule has 7 heteroatoms. The van der Waals surface area contributed by atoms with Crippen molar-refractivity contribution in [2.24, 2.45) is 10.7 Å². The van der Waals surface area contributed by atoms with Crippen LogP contribution in [0.15, 0.2) is 29.3 Å². The standard InChI is InChI=1S/C22H39N5O2/c1-6-24-22(25-13-7-15-27(17(2)3)18(4)5)26-14-12-19-8-10-20(11-9-19)29-16-21(23)28/h8-11,17-18H,6-7,12-16H2,1-5H3,(H2,23,28)(H2,24,25,26). The van der Waals surface area contributed by atoms with E-state index in [0.29, 0.717) is 17.8 Å². The van der Waals surface area contributed by atoms with Crippen molar-refractivity contribution >= 4 is 11.9 Å². The number of rotatable bonds is 13. The maximum Gasteiger partial charge on any atom is 0.255 e. The number of ether oxygens (including phenoxy) is 1. The first kappa shape index (κ1) is 24.8. The van der Waals surface area contributed by atoms with Gasteiger partial charge in [-0.1, -0.05) is 12.1 Å². The molecule has 0 atom stereocenters. The molecular formula is C22H39N5O2. The topological polar surface area (TPSA) is 92.0 Å². The molecule has 0 fully saturated rings. The third-order valence-electron chi connectivity index (χ3n) is 4.53. The minimum Gasteiger partial charge on any atom is -0.484 e. The van der Waals surface area contributed by atoms with Crippen LogP contribution in [0.3, 0.4) is 0 Å². The largest absolute Gasteiger partial charge is 0.484 e. The van der Waals surface area contributed by atoms with Crippen molar-refractivity contribution in [3.8, 4) is 5.75 Å². The molecule has 7 nitrogen and oxygen atoms in total. The first-order chi connectivity index (χ1) is 13.8. The van der Waals surface area contributed by atoms with Gasteiger partial charge in [0.15, 0.2) is 12.6 Å². The van der Waals surface area contributed by atoms with E-state index < -0.39 is 5.91 Å². The number of guanidine groups is 1. The molecule has 0 saturated carbocycles. The lowest BCUT2D eigenvalue weighted by Gasteiger charge is -2.30. The fourth-order valence-corrected chi connectivity index (χ4v) is 3.13. The minimum absolute atomic E-state index is 0.102. The Bertz CT molecular complexity index is 606. The van der Waals surface area contributed by atoms with Gasteiger partial charge < -0.3 is 21.1 Å². The molecule has 0 radical (unpaired) electrons. The van der Waals surface area contributed by atoms with Crippen LogP contribution in [-0.4, -0.2) is 61.6 Å². The Morgan fingerprint density at radius 3 is 2.34 bits per heavy atom. The van der Waals surface area contributed by atoms with E-state index in [1.165, 1.54) is 5.56 Å². The molecule has 0 heterocycles. The first-order valence-corrected chi connectivity index (χ1v) is 10.6. The second kappa shape index (κ2) is 13.8. The molecule has 0 aliphatic carbocycles. The van der Waals surface area contributed by atoms with Gasteiger partial charge in [-0.2, -0.15) is 0 Å². The Hall–Kier alpha value is -2.28. The summed E-state index contributed by atoms with van der Waals surface area (Å²) in [5.41, 5.74) is 6.27. The average Bonchev–Trinajstić information content (AvgIpc) is 2.66. The summed E-state index contributed by atoms with van der Waals surface area (Å²) in [5, 5.41) is 6.69. The highest BCUT2D eigenvalue weighted by atomic mass is 16.5. The predicted octanol–water partition coefficient (Wildman–Crippen LogP) is 2.16. The van der Waals surface area contributed by atoms with Gasteiger partial charge in [0.1, 0.15) is 5.75 Å². The van der Waals surface area contributed by atoms with Crippen molar-refractivity contribution < 1.29 is 9.53 Å². The number of hydrogen-bond acceptors (Lipinski definition) is 4. The van der Waals surface area contributed by atoms with Gasteiger partial charge >= 0.3 is 0 Å². The number of nitrogens with two attached hydrogens (primary N) is 1.